The Kier molecular flexibility index (Phi) is 5.61. The van der Waals surface area contributed by atoms with Gasteiger partial charge >= 0.3 is 0 Å². The molecule has 0 aliphatic carbocycles. The van der Waals surface area contributed by atoms with Crippen LogP contribution in [-0.2, 0) is 0 Å². The molecule has 5 heteroatoms. The van der Waals surface area contributed by atoms with Gasteiger partial charge < -0.3 is 4.74 Å². The van der Waals surface area contributed by atoms with Crippen molar-refractivity contribution < 1.29 is 9.13 Å². The standard InChI is InChI=1S/C12H14FN3O/c1-2-17-12-8-10(7-11(13)9-12)5-3-4-6-15-16-14/h3,5,7-9H,2,4,6H2,1H3. The summed E-state index contributed by atoms with van der Waals surface area (Å²) >= 11 is 0. The van der Waals surface area contributed by atoms with Gasteiger partial charge in [0.15, 0.2) is 0 Å². The van der Waals surface area contributed by atoms with Gasteiger partial charge in [0, 0.05) is 17.5 Å². The van der Waals surface area contributed by atoms with Crippen molar-refractivity contribution in [2.45, 2.75) is 13.3 Å². The number of benzene rings is 1. The molecule has 0 bridgehead atoms. The number of hydrogen-bond acceptors (Lipinski definition) is 2. The molecule has 0 amide bonds. The van der Waals surface area contributed by atoms with Crippen molar-refractivity contribution in [3.63, 3.8) is 0 Å². The molecule has 0 radical (unpaired) electrons. The number of azide groups is 1. The van der Waals surface area contributed by atoms with Gasteiger partial charge in [-0.05, 0) is 36.6 Å². The molecule has 0 aliphatic rings. The van der Waals surface area contributed by atoms with Crippen LogP contribution in [0.3, 0.4) is 0 Å². The molecule has 0 heterocycles. The largest absolute Gasteiger partial charge is 0.494 e. The Hall–Kier alpha value is -2.00. The molecule has 4 nitrogen and oxygen atoms in total. The Morgan fingerprint density at radius 2 is 2.29 bits per heavy atom. The summed E-state index contributed by atoms with van der Waals surface area (Å²) < 4.78 is 18.4. The van der Waals surface area contributed by atoms with Crippen LogP contribution in [0, 0.1) is 5.82 Å². The molecule has 90 valence electrons. The smallest absolute Gasteiger partial charge is 0.127 e. The van der Waals surface area contributed by atoms with Crippen LogP contribution in [0.15, 0.2) is 29.4 Å². The summed E-state index contributed by atoms with van der Waals surface area (Å²) in [4.78, 5) is 2.64. The monoisotopic (exact) mass is 235 g/mol. The van der Waals surface area contributed by atoms with Crippen LogP contribution in [0.5, 0.6) is 5.75 Å². The highest BCUT2D eigenvalue weighted by Crippen LogP contribution is 2.17. The first kappa shape index (κ1) is 13.1. The summed E-state index contributed by atoms with van der Waals surface area (Å²) in [7, 11) is 0. The van der Waals surface area contributed by atoms with E-state index in [0.717, 1.165) is 5.56 Å². The van der Waals surface area contributed by atoms with Gasteiger partial charge in [-0.1, -0.05) is 17.3 Å². The fourth-order valence-electron chi connectivity index (χ4n) is 1.33. The third-order valence-corrected chi connectivity index (χ3v) is 1.97. The normalized spacial score (nSPS) is 10.2. The topological polar surface area (TPSA) is 58.0 Å². The zero-order valence-corrected chi connectivity index (χ0v) is 9.64. The summed E-state index contributed by atoms with van der Waals surface area (Å²) in [5.41, 5.74) is 8.81. The maximum Gasteiger partial charge on any atom is 0.127 e. The van der Waals surface area contributed by atoms with E-state index in [9.17, 15) is 4.39 Å². The summed E-state index contributed by atoms with van der Waals surface area (Å²) in [5, 5.41) is 3.40. The fraction of sp³-hybridized carbons (Fsp3) is 0.333. The summed E-state index contributed by atoms with van der Waals surface area (Å²) in [6, 6.07) is 4.53. The van der Waals surface area contributed by atoms with Gasteiger partial charge in [-0.3, -0.25) is 0 Å². The average Bonchev–Trinajstić information content (AvgIpc) is 2.28. The highest BCUT2D eigenvalue weighted by molar-refractivity contribution is 5.52. The predicted molar refractivity (Wildman–Crippen MR) is 65.2 cm³/mol. The van der Waals surface area contributed by atoms with Crippen molar-refractivity contribution in [3.05, 3.63) is 46.1 Å². The number of halogens is 1. The predicted octanol–water partition coefficient (Wildman–Crippen LogP) is 3.94. The molecular formula is C12H14FN3O. The lowest BCUT2D eigenvalue weighted by atomic mass is 10.2. The third-order valence-electron chi connectivity index (χ3n) is 1.97. The van der Waals surface area contributed by atoms with E-state index < -0.39 is 0 Å². The Balaban J connectivity index is 2.66. The van der Waals surface area contributed by atoms with E-state index >= 15 is 0 Å². The third kappa shape index (κ3) is 5.04. The summed E-state index contributed by atoms with van der Waals surface area (Å²) in [6.45, 7) is 2.75. The second-order valence-electron chi connectivity index (χ2n) is 3.30. The molecule has 17 heavy (non-hydrogen) atoms. The first-order valence-corrected chi connectivity index (χ1v) is 5.37. The Bertz CT molecular complexity index is 439. The fourth-order valence-corrected chi connectivity index (χ4v) is 1.33. The Morgan fingerprint density at radius 3 is 3.00 bits per heavy atom. The van der Waals surface area contributed by atoms with Crippen molar-refractivity contribution in [1.82, 2.24) is 0 Å². The molecule has 0 atom stereocenters. The Morgan fingerprint density at radius 1 is 1.47 bits per heavy atom. The van der Waals surface area contributed by atoms with Gasteiger partial charge in [0.25, 0.3) is 0 Å². The summed E-state index contributed by atoms with van der Waals surface area (Å²) in [6.07, 6.45) is 4.24. The quantitative estimate of drug-likeness (QED) is 0.319. The molecule has 0 aromatic heterocycles. The van der Waals surface area contributed by atoms with E-state index in [0.29, 0.717) is 25.3 Å². The van der Waals surface area contributed by atoms with Gasteiger partial charge in [-0.25, -0.2) is 4.39 Å². The number of rotatable bonds is 6. The maximum atomic E-state index is 13.2. The van der Waals surface area contributed by atoms with Crippen LogP contribution in [-0.4, -0.2) is 13.2 Å². The van der Waals surface area contributed by atoms with Crippen molar-refractivity contribution in [2.24, 2.45) is 5.11 Å². The van der Waals surface area contributed by atoms with Crippen molar-refractivity contribution in [2.75, 3.05) is 13.2 Å². The first-order valence-electron chi connectivity index (χ1n) is 5.37. The van der Waals surface area contributed by atoms with E-state index in [1.54, 1.807) is 12.1 Å². The molecule has 0 fully saturated rings. The van der Waals surface area contributed by atoms with Gasteiger partial charge in [0.1, 0.15) is 11.6 Å². The van der Waals surface area contributed by atoms with E-state index in [1.807, 2.05) is 13.0 Å². The van der Waals surface area contributed by atoms with Gasteiger partial charge in [-0.15, -0.1) is 0 Å². The highest BCUT2D eigenvalue weighted by Gasteiger charge is 1.98. The van der Waals surface area contributed by atoms with Crippen LogP contribution in [0.25, 0.3) is 16.5 Å². The van der Waals surface area contributed by atoms with Gasteiger partial charge in [0.05, 0.1) is 6.61 Å². The van der Waals surface area contributed by atoms with Crippen LogP contribution >= 0.6 is 0 Å². The number of ether oxygens (including phenoxy) is 1. The van der Waals surface area contributed by atoms with Crippen molar-refractivity contribution in [3.8, 4) is 5.75 Å². The SMILES string of the molecule is CCOc1cc(F)cc(C=CCCN=[N+]=[N-])c1. The van der Waals surface area contributed by atoms with E-state index in [-0.39, 0.29) is 5.82 Å². The lowest BCUT2D eigenvalue weighted by Crippen LogP contribution is -1.92. The average molecular weight is 235 g/mol. The lowest BCUT2D eigenvalue weighted by Gasteiger charge is -2.04. The molecule has 0 N–H and O–H groups in total. The van der Waals surface area contributed by atoms with Gasteiger partial charge in [0.2, 0.25) is 0 Å². The number of nitrogens with zero attached hydrogens (tertiary/aromatic N) is 3. The molecular weight excluding hydrogens is 221 g/mol. The van der Waals surface area contributed by atoms with Crippen LogP contribution < -0.4 is 4.74 Å². The van der Waals surface area contributed by atoms with Crippen LogP contribution in [0.4, 0.5) is 4.39 Å². The van der Waals surface area contributed by atoms with Crippen molar-refractivity contribution >= 4 is 6.08 Å². The minimum Gasteiger partial charge on any atom is -0.494 e. The van der Waals surface area contributed by atoms with E-state index in [2.05, 4.69) is 10.0 Å². The molecule has 0 saturated carbocycles. The molecule has 0 spiro atoms. The lowest BCUT2D eigenvalue weighted by molar-refractivity contribution is 0.338. The minimum absolute atomic E-state index is 0.328. The number of hydrogen-bond donors (Lipinski definition) is 0. The molecule has 1 aromatic carbocycles. The molecule has 0 unspecified atom stereocenters. The van der Waals surface area contributed by atoms with E-state index in [1.165, 1.54) is 12.1 Å². The van der Waals surface area contributed by atoms with Crippen LogP contribution in [0.1, 0.15) is 18.9 Å². The summed E-state index contributed by atoms with van der Waals surface area (Å²) in [5.74, 6) is 0.188. The van der Waals surface area contributed by atoms with Gasteiger partial charge in [-0.2, -0.15) is 0 Å². The van der Waals surface area contributed by atoms with Crippen molar-refractivity contribution in [1.29, 1.82) is 0 Å². The second kappa shape index (κ2) is 7.30. The Labute approximate surface area is 99.3 Å². The second-order valence-corrected chi connectivity index (χ2v) is 3.30. The zero-order chi connectivity index (χ0) is 12.5. The molecule has 0 saturated heterocycles. The van der Waals surface area contributed by atoms with E-state index in [4.69, 9.17) is 10.3 Å². The minimum atomic E-state index is -0.328. The zero-order valence-electron chi connectivity index (χ0n) is 9.64. The molecule has 1 rings (SSSR count). The first-order chi connectivity index (χ1) is 8.26. The van der Waals surface area contributed by atoms with Crippen LogP contribution in [0.2, 0.25) is 0 Å². The molecule has 0 aliphatic heterocycles. The molecule has 1 aromatic rings. The highest BCUT2D eigenvalue weighted by atomic mass is 19.1. The maximum absolute atomic E-state index is 13.2.